The fraction of sp³-hybridized carbons (Fsp3) is 0.174. The first-order valence-electron chi connectivity index (χ1n) is 9.73. The first-order chi connectivity index (χ1) is 14.9. The molecular weight excluding hydrogens is 436 g/mol. The molecular formula is C23H23ClN2O4S. The van der Waals surface area contributed by atoms with E-state index in [1.807, 2.05) is 31.2 Å². The quantitative estimate of drug-likeness (QED) is 0.520. The minimum absolute atomic E-state index is 0.0735. The molecule has 0 saturated carbocycles. The summed E-state index contributed by atoms with van der Waals surface area (Å²) in [6.07, 6.45) is 0. The van der Waals surface area contributed by atoms with Crippen LogP contribution in [0.3, 0.4) is 0 Å². The number of amides is 1. The van der Waals surface area contributed by atoms with Gasteiger partial charge in [-0.1, -0.05) is 60.1 Å². The molecule has 0 radical (unpaired) electrons. The first kappa shape index (κ1) is 22.7. The van der Waals surface area contributed by atoms with E-state index < -0.39 is 22.5 Å². The van der Waals surface area contributed by atoms with Gasteiger partial charge in [-0.15, -0.1) is 0 Å². The van der Waals surface area contributed by atoms with Gasteiger partial charge in [-0.05, 0) is 37.3 Å². The minimum Gasteiger partial charge on any atom is -0.494 e. The van der Waals surface area contributed by atoms with Crippen LogP contribution in [-0.4, -0.2) is 27.5 Å². The number of anilines is 1. The third-order valence-electron chi connectivity index (χ3n) is 4.49. The maximum Gasteiger partial charge on any atom is 0.264 e. The van der Waals surface area contributed by atoms with Gasteiger partial charge in [-0.2, -0.15) is 0 Å². The number of nitrogens with zero attached hydrogens (tertiary/aromatic N) is 1. The number of carbonyl (C=O) groups is 1. The summed E-state index contributed by atoms with van der Waals surface area (Å²) in [7, 11) is -4.01. The van der Waals surface area contributed by atoms with Crippen molar-refractivity contribution in [1.29, 1.82) is 0 Å². The molecule has 1 amide bonds. The van der Waals surface area contributed by atoms with Gasteiger partial charge in [-0.3, -0.25) is 9.10 Å². The summed E-state index contributed by atoms with van der Waals surface area (Å²) in [6.45, 7) is 2.17. The number of sulfonamides is 1. The number of ether oxygens (including phenoxy) is 1. The molecule has 1 N–H and O–H groups in total. The second kappa shape index (κ2) is 10.3. The normalized spacial score (nSPS) is 11.0. The smallest absolute Gasteiger partial charge is 0.264 e. The third kappa shape index (κ3) is 5.57. The van der Waals surface area contributed by atoms with E-state index in [4.69, 9.17) is 16.3 Å². The Morgan fingerprint density at radius 2 is 1.61 bits per heavy atom. The van der Waals surface area contributed by atoms with Crippen LogP contribution in [0.2, 0.25) is 5.02 Å². The highest BCUT2D eigenvalue weighted by atomic mass is 35.5. The van der Waals surface area contributed by atoms with E-state index in [1.165, 1.54) is 12.1 Å². The second-order valence-corrected chi connectivity index (χ2v) is 8.86. The number of benzene rings is 3. The van der Waals surface area contributed by atoms with E-state index in [0.29, 0.717) is 12.4 Å². The minimum atomic E-state index is -4.01. The van der Waals surface area contributed by atoms with Crippen LogP contribution >= 0.6 is 11.6 Å². The van der Waals surface area contributed by atoms with Crippen molar-refractivity contribution in [3.8, 4) is 5.75 Å². The van der Waals surface area contributed by atoms with Gasteiger partial charge in [0.05, 0.1) is 22.2 Å². The molecule has 0 fully saturated rings. The van der Waals surface area contributed by atoms with E-state index in [9.17, 15) is 13.2 Å². The lowest BCUT2D eigenvalue weighted by Crippen LogP contribution is -2.40. The van der Waals surface area contributed by atoms with Crippen LogP contribution < -0.4 is 14.4 Å². The number of nitrogens with one attached hydrogen (secondary N) is 1. The average Bonchev–Trinajstić information content (AvgIpc) is 2.78. The van der Waals surface area contributed by atoms with E-state index in [2.05, 4.69) is 5.32 Å². The zero-order chi connectivity index (χ0) is 22.3. The predicted molar refractivity (Wildman–Crippen MR) is 122 cm³/mol. The van der Waals surface area contributed by atoms with Crippen LogP contribution in [0.1, 0.15) is 12.5 Å². The summed E-state index contributed by atoms with van der Waals surface area (Å²) in [4.78, 5) is 12.8. The van der Waals surface area contributed by atoms with E-state index in [1.54, 1.807) is 42.5 Å². The molecule has 0 aliphatic carbocycles. The van der Waals surface area contributed by atoms with Gasteiger partial charge in [0, 0.05) is 12.1 Å². The van der Waals surface area contributed by atoms with Crippen LogP contribution in [0.25, 0.3) is 0 Å². The summed E-state index contributed by atoms with van der Waals surface area (Å²) in [5.74, 6) is 0.205. The largest absolute Gasteiger partial charge is 0.494 e. The molecule has 162 valence electrons. The van der Waals surface area contributed by atoms with Crippen molar-refractivity contribution in [3.63, 3.8) is 0 Å². The Labute approximate surface area is 187 Å². The Hall–Kier alpha value is -3.03. The van der Waals surface area contributed by atoms with Crippen LogP contribution in [0, 0.1) is 0 Å². The van der Waals surface area contributed by atoms with Gasteiger partial charge in [0.25, 0.3) is 10.0 Å². The highest BCUT2D eigenvalue weighted by Crippen LogP contribution is 2.30. The topological polar surface area (TPSA) is 75.7 Å². The first-order valence-corrected chi connectivity index (χ1v) is 11.5. The average molecular weight is 459 g/mol. The molecule has 0 bridgehead atoms. The zero-order valence-electron chi connectivity index (χ0n) is 17.0. The molecule has 0 unspecified atom stereocenters. The van der Waals surface area contributed by atoms with Crippen molar-refractivity contribution in [2.75, 3.05) is 17.5 Å². The van der Waals surface area contributed by atoms with Crippen molar-refractivity contribution in [3.05, 3.63) is 89.4 Å². The molecule has 8 heteroatoms. The van der Waals surface area contributed by atoms with Gasteiger partial charge in [0.1, 0.15) is 12.3 Å². The molecule has 6 nitrogen and oxygen atoms in total. The lowest BCUT2D eigenvalue weighted by atomic mass is 10.2. The molecule has 0 aromatic heterocycles. The summed E-state index contributed by atoms with van der Waals surface area (Å²) in [5, 5.41) is 3.01. The van der Waals surface area contributed by atoms with Crippen LogP contribution in [0.4, 0.5) is 5.69 Å². The Morgan fingerprint density at radius 1 is 0.968 bits per heavy atom. The molecule has 0 heterocycles. The molecule has 0 saturated heterocycles. The van der Waals surface area contributed by atoms with Crippen molar-refractivity contribution >= 4 is 33.2 Å². The Morgan fingerprint density at radius 3 is 2.32 bits per heavy atom. The van der Waals surface area contributed by atoms with Crippen molar-refractivity contribution in [2.24, 2.45) is 0 Å². The summed E-state index contributed by atoms with van der Waals surface area (Å²) >= 11 is 6.27. The van der Waals surface area contributed by atoms with E-state index in [-0.39, 0.29) is 22.2 Å². The number of hydrogen-bond acceptors (Lipinski definition) is 4. The summed E-state index contributed by atoms with van der Waals surface area (Å²) < 4.78 is 33.2. The predicted octanol–water partition coefficient (Wildman–Crippen LogP) is 4.25. The number of carbonyl (C=O) groups excluding carboxylic acids is 1. The van der Waals surface area contributed by atoms with Crippen LogP contribution in [0.15, 0.2) is 83.8 Å². The molecule has 0 atom stereocenters. The Kier molecular flexibility index (Phi) is 7.55. The third-order valence-corrected chi connectivity index (χ3v) is 6.58. The standard InChI is InChI=1S/C23H23ClN2O4S/c1-2-30-22-15-9-6-10-18(22)16-25-23(27)17-26(21-14-8-7-13-20(21)24)31(28,29)19-11-4-3-5-12-19/h3-15H,2,16-17H2,1H3,(H,25,27). The number of rotatable bonds is 9. The molecule has 0 spiro atoms. The van der Waals surface area contributed by atoms with Gasteiger partial charge in [-0.25, -0.2) is 8.42 Å². The van der Waals surface area contributed by atoms with E-state index >= 15 is 0 Å². The monoisotopic (exact) mass is 458 g/mol. The fourth-order valence-corrected chi connectivity index (χ4v) is 4.75. The molecule has 31 heavy (non-hydrogen) atoms. The van der Waals surface area contributed by atoms with Crippen molar-refractivity contribution in [1.82, 2.24) is 5.32 Å². The van der Waals surface area contributed by atoms with Gasteiger partial charge in [0.2, 0.25) is 5.91 Å². The molecule has 3 aromatic carbocycles. The maximum absolute atomic E-state index is 13.3. The van der Waals surface area contributed by atoms with Crippen molar-refractivity contribution in [2.45, 2.75) is 18.4 Å². The second-order valence-electron chi connectivity index (χ2n) is 6.59. The molecule has 3 aromatic rings. The number of halogens is 1. The SMILES string of the molecule is CCOc1ccccc1CNC(=O)CN(c1ccccc1Cl)S(=O)(=O)c1ccccc1. The zero-order valence-corrected chi connectivity index (χ0v) is 18.6. The Balaban J connectivity index is 1.84. The van der Waals surface area contributed by atoms with Crippen molar-refractivity contribution < 1.29 is 17.9 Å². The Bertz CT molecular complexity index is 1140. The molecule has 0 aliphatic heterocycles. The van der Waals surface area contributed by atoms with Crippen LogP contribution in [0.5, 0.6) is 5.75 Å². The number of hydrogen-bond donors (Lipinski definition) is 1. The molecule has 3 rings (SSSR count). The fourth-order valence-electron chi connectivity index (χ4n) is 3.00. The summed E-state index contributed by atoms with van der Waals surface area (Å²) in [5.41, 5.74) is 1.03. The van der Waals surface area contributed by atoms with Gasteiger partial charge in [0.15, 0.2) is 0 Å². The van der Waals surface area contributed by atoms with E-state index in [0.717, 1.165) is 9.87 Å². The van der Waals surface area contributed by atoms with Crippen LogP contribution in [-0.2, 0) is 21.4 Å². The highest BCUT2D eigenvalue weighted by molar-refractivity contribution is 7.92. The molecule has 0 aliphatic rings. The maximum atomic E-state index is 13.3. The van der Waals surface area contributed by atoms with Gasteiger partial charge >= 0.3 is 0 Å². The number of para-hydroxylation sites is 2. The highest BCUT2D eigenvalue weighted by Gasteiger charge is 2.28. The lowest BCUT2D eigenvalue weighted by Gasteiger charge is -2.25. The summed E-state index contributed by atoms with van der Waals surface area (Å²) in [6, 6.07) is 21.8. The van der Waals surface area contributed by atoms with Gasteiger partial charge < -0.3 is 10.1 Å². The lowest BCUT2D eigenvalue weighted by molar-refractivity contribution is -0.119.